The van der Waals surface area contributed by atoms with Crippen LogP contribution in [0, 0.1) is 0 Å². The van der Waals surface area contributed by atoms with Crippen molar-refractivity contribution in [3.8, 4) is 10.6 Å². The van der Waals surface area contributed by atoms with E-state index in [0.29, 0.717) is 12.5 Å². The third-order valence-electron chi connectivity index (χ3n) is 3.89. The number of piperidine rings is 1. The van der Waals surface area contributed by atoms with Gasteiger partial charge in [-0.2, -0.15) is 0 Å². The molecule has 1 aliphatic heterocycles. The molecule has 0 saturated carbocycles. The van der Waals surface area contributed by atoms with E-state index in [9.17, 15) is 0 Å². The molecule has 4 nitrogen and oxygen atoms in total. The molecule has 0 bridgehead atoms. The maximum atomic E-state index is 6.07. The minimum absolute atomic E-state index is 0.693. The minimum Gasteiger partial charge on any atom is -0.370 e. The lowest BCUT2D eigenvalue weighted by atomic mass is 10.1. The molecule has 1 saturated heterocycles. The molecule has 2 aromatic rings. The number of hydrogen-bond donors (Lipinski definition) is 1. The molecule has 1 aromatic carbocycles. The van der Waals surface area contributed by atoms with E-state index in [2.05, 4.69) is 32.4 Å². The van der Waals surface area contributed by atoms with Gasteiger partial charge in [-0.05, 0) is 19.3 Å². The molecule has 2 heterocycles. The molecular formula is C17H22N4S. The van der Waals surface area contributed by atoms with Crippen LogP contribution < -0.4 is 5.73 Å². The number of thiazole rings is 1. The highest BCUT2D eigenvalue weighted by molar-refractivity contribution is 7.13. The zero-order chi connectivity index (χ0) is 15.2. The largest absolute Gasteiger partial charge is 0.370 e. The van der Waals surface area contributed by atoms with E-state index in [1.165, 1.54) is 24.8 Å². The topological polar surface area (TPSA) is 54.5 Å². The predicted molar refractivity (Wildman–Crippen MR) is 93.2 cm³/mol. The van der Waals surface area contributed by atoms with Crippen LogP contribution in [0.3, 0.4) is 0 Å². The summed E-state index contributed by atoms with van der Waals surface area (Å²) in [6.07, 6.45) is 4.61. The molecule has 0 unspecified atom stereocenters. The van der Waals surface area contributed by atoms with Crippen molar-refractivity contribution in [1.29, 1.82) is 0 Å². The average Bonchev–Trinajstić information content (AvgIpc) is 3.05. The smallest absolute Gasteiger partial charge is 0.191 e. The average molecular weight is 314 g/mol. The molecule has 3 rings (SSSR count). The standard InChI is InChI=1S/C17H22N4S/c18-17(21-11-5-2-6-12-21)19-10-9-15-13-22-16(20-15)14-7-3-1-4-8-14/h1,3-4,7-8,13H,2,5-6,9-12H2,(H2,18,19). The van der Waals surface area contributed by atoms with Crippen molar-refractivity contribution >= 4 is 17.3 Å². The third-order valence-corrected chi connectivity index (χ3v) is 4.83. The second-order valence-corrected chi connectivity index (χ2v) is 6.41. The van der Waals surface area contributed by atoms with E-state index in [1.807, 2.05) is 18.2 Å². The van der Waals surface area contributed by atoms with E-state index < -0.39 is 0 Å². The van der Waals surface area contributed by atoms with Crippen molar-refractivity contribution in [2.75, 3.05) is 19.6 Å². The summed E-state index contributed by atoms with van der Waals surface area (Å²) in [5.74, 6) is 0.693. The zero-order valence-corrected chi connectivity index (χ0v) is 13.6. The first-order valence-corrected chi connectivity index (χ1v) is 8.75. The first kappa shape index (κ1) is 15.0. The Morgan fingerprint density at radius 1 is 1.18 bits per heavy atom. The highest BCUT2D eigenvalue weighted by atomic mass is 32.1. The van der Waals surface area contributed by atoms with Crippen LogP contribution in [-0.4, -0.2) is 35.5 Å². The summed E-state index contributed by atoms with van der Waals surface area (Å²) in [7, 11) is 0. The van der Waals surface area contributed by atoms with Gasteiger partial charge in [0, 0.05) is 37.0 Å². The Kier molecular flexibility index (Phi) is 5.06. The van der Waals surface area contributed by atoms with Crippen molar-refractivity contribution in [3.63, 3.8) is 0 Å². The molecule has 0 radical (unpaired) electrons. The Morgan fingerprint density at radius 2 is 1.95 bits per heavy atom. The van der Waals surface area contributed by atoms with Crippen LogP contribution in [0.5, 0.6) is 0 Å². The van der Waals surface area contributed by atoms with E-state index in [4.69, 9.17) is 5.73 Å². The Morgan fingerprint density at radius 3 is 2.73 bits per heavy atom. The van der Waals surface area contributed by atoms with Gasteiger partial charge < -0.3 is 10.6 Å². The predicted octanol–water partition coefficient (Wildman–Crippen LogP) is 3.15. The number of hydrogen-bond acceptors (Lipinski definition) is 3. The number of nitrogens with two attached hydrogens (primary N) is 1. The summed E-state index contributed by atoms with van der Waals surface area (Å²) in [6, 6.07) is 10.3. The molecular weight excluding hydrogens is 292 g/mol. The van der Waals surface area contributed by atoms with Crippen LogP contribution in [0.15, 0.2) is 40.7 Å². The maximum absolute atomic E-state index is 6.07. The van der Waals surface area contributed by atoms with Crippen LogP contribution in [0.25, 0.3) is 10.6 Å². The quantitative estimate of drug-likeness (QED) is 0.697. The summed E-state index contributed by atoms with van der Waals surface area (Å²) < 4.78 is 0. The summed E-state index contributed by atoms with van der Waals surface area (Å²) in [5, 5.41) is 3.19. The molecule has 1 aromatic heterocycles. The van der Waals surface area contributed by atoms with E-state index in [-0.39, 0.29) is 0 Å². The SMILES string of the molecule is NC(=NCCc1csc(-c2ccccc2)n1)N1CCCCC1. The van der Waals surface area contributed by atoms with Crippen molar-refractivity contribution in [3.05, 3.63) is 41.4 Å². The summed E-state index contributed by atoms with van der Waals surface area (Å²) in [6.45, 7) is 2.80. The molecule has 1 fully saturated rings. The fourth-order valence-corrected chi connectivity index (χ4v) is 3.50. The number of aromatic nitrogens is 1. The van der Waals surface area contributed by atoms with Crippen LogP contribution in [-0.2, 0) is 6.42 Å². The monoisotopic (exact) mass is 314 g/mol. The minimum atomic E-state index is 0.693. The number of aliphatic imine (C=N–C) groups is 1. The number of nitrogens with zero attached hydrogens (tertiary/aromatic N) is 3. The van der Waals surface area contributed by atoms with Gasteiger partial charge in [-0.15, -0.1) is 11.3 Å². The Balaban J connectivity index is 1.55. The van der Waals surface area contributed by atoms with Crippen LogP contribution in [0.2, 0.25) is 0 Å². The van der Waals surface area contributed by atoms with Gasteiger partial charge in [0.25, 0.3) is 0 Å². The van der Waals surface area contributed by atoms with E-state index in [0.717, 1.165) is 30.2 Å². The van der Waals surface area contributed by atoms with Crippen LogP contribution in [0.1, 0.15) is 25.0 Å². The van der Waals surface area contributed by atoms with Gasteiger partial charge in [0.15, 0.2) is 5.96 Å². The first-order chi connectivity index (χ1) is 10.8. The summed E-state index contributed by atoms with van der Waals surface area (Å²) in [4.78, 5) is 11.4. The molecule has 0 atom stereocenters. The first-order valence-electron chi connectivity index (χ1n) is 7.87. The van der Waals surface area contributed by atoms with Gasteiger partial charge in [0.1, 0.15) is 5.01 Å². The molecule has 0 amide bonds. The van der Waals surface area contributed by atoms with Crippen LogP contribution >= 0.6 is 11.3 Å². The molecule has 2 N–H and O–H groups in total. The number of guanidine groups is 1. The zero-order valence-electron chi connectivity index (χ0n) is 12.7. The van der Waals surface area contributed by atoms with Crippen LogP contribution in [0.4, 0.5) is 0 Å². The summed E-state index contributed by atoms with van der Waals surface area (Å²) in [5.41, 5.74) is 8.34. The number of rotatable bonds is 4. The second kappa shape index (κ2) is 7.40. The maximum Gasteiger partial charge on any atom is 0.191 e. The lowest BCUT2D eigenvalue weighted by Gasteiger charge is -2.27. The Labute approximate surface area is 135 Å². The molecule has 0 aliphatic carbocycles. The Bertz CT molecular complexity index is 615. The van der Waals surface area contributed by atoms with Gasteiger partial charge in [-0.25, -0.2) is 4.98 Å². The number of likely N-dealkylation sites (tertiary alicyclic amines) is 1. The van der Waals surface area contributed by atoms with Gasteiger partial charge in [0.05, 0.1) is 5.69 Å². The van der Waals surface area contributed by atoms with Crippen molar-refractivity contribution < 1.29 is 0 Å². The van der Waals surface area contributed by atoms with Gasteiger partial charge >= 0.3 is 0 Å². The second-order valence-electron chi connectivity index (χ2n) is 5.55. The molecule has 1 aliphatic rings. The highest BCUT2D eigenvalue weighted by Gasteiger charge is 2.11. The lowest BCUT2D eigenvalue weighted by Crippen LogP contribution is -2.41. The fourth-order valence-electron chi connectivity index (χ4n) is 2.64. The normalized spacial score (nSPS) is 16.0. The molecule has 22 heavy (non-hydrogen) atoms. The fraction of sp³-hybridized carbons (Fsp3) is 0.412. The molecule has 0 spiro atoms. The van der Waals surface area contributed by atoms with Crippen molar-refractivity contribution in [2.24, 2.45) is 10.7 Å². The van der Waals surface area contributed by atoms with Gasteiger partial charge in [-0.3, -0.25) is 4.99 Å². The van der Waals surface area contributed by atoms with Gasteiger partial charge in [-0.1, -0.05) is 30.3 Å². The van der Waals surface area contributed by atoms with Crippen molar-refractivity contribution in [2.45, 2.75) is 25.7 Å². The summed E-state index contributed by atoms with van der Waals surface area (Å²) >= 11 is 1.69. The highest BCUT2D eigenvalue weighted by Crippen LogP contribution is 2.23. The number of benzene rings is 1. The van der Waals surface area contributed by atoms with E-state index >= 15 is 0 Å². The lowest BCUT2D eigenvalue weighted by molar-refractivity contribution is 0.338. The van der Waals surface area contributed by atoms with Crippen molar-refractivity contribution in [1.82, 2.24) is 9.88 Å². The van der Waals surface area contributed by atoms with E-state index in [1.54, 1.807) is 11.3 Å². The van der Waals surface area contributed by atoms with Gasteiger partial charge in [0.2, 0.25) is 0 Å². The molecule has 116 valence electrons. The Hall–Kier alpha value is -1.88. The molecule has 5 heteroatoms. The third kappa shape index (κ3) is 3.85.